The fraction of sp³-hybridized carbons (Fsp3) is 0.100. The van der Waals surface area contributed by atoms with Gasteiger partial charge in [-0.1, -0.05) is 34.1 Å². The number of hydrogen-bond acceptors (Lipinski definition) is 3. The van der Waals surface area contributed by atoms with Crippen LogP contribution in [0.2, 0.25) is 0 Å². The molecule has 0 aliphatic carbocycles. The van der Waals surface area contributed by atoms with Crippen LogP contribution in [0.4, 0.5) is 0 Å². The molecule has 0 spiro atoms. The summed E-state index contributed by atoms with van der Waals surface area (Å²) in [7, 11) is 0. The summed E-state index contributed by atoms with van der Waals surface area (Å²) >= 11 is 3.41. The van der Waals surface area contributed by atoms with E-state index in [9.17, 15) is 4.79 Å². The summed E-state index contributed by atoms with van der Waals surface area (Å²) < 4.78 is 0.968. The van der Waals surface area contributed by atoms with Crippen LogP contribution in [0.5, 0.6) is 0 Å². The maximum Gasteiger partial charge on any atom is 0.273 e. The minimum atomic E-state index is -0.246. The van der Waals surface area contributed by atoms with Crippen LogP contribution in [-0.4, -0.2) is 21.3 Å². The number of halogens is 1. The number of aromatic nitrogens is 3. The molecule has 2 N–H and O–H groups in total. The summed E-state index contributed by atoms with van der Waals surface area (Å²) in [5, 5.41) is 12.4. The molecule has 1 aromatic carbocycles. The van der Waals surface area contributed by atoms with Crippen LogP contribution in [0.25, 0.3) is 0 Å². The van der Waals surface area contributed by atoms with Crippen LogP contribution in [0.3, 0.4) is 0 Å². The predicted octanol–water partition coefficient (Wildman–Crippen LogP) is 1.50. The van der Waals surface area contributed by atoms with Gasteiger partial charge in [-0.25, -0.2) is 0 Å². The molecule has 0 aliphatic rings. The first-order chi connectivity index (χ1) is 7.77. The highest BCUT2D eigenvalue weighted by atomic mass is 79.9. The van der Waals surface area contributed by atoms with Gasteiger partial charge >= 0.3 is 0 Å². The first-order valence-corrected chi connectivity index (χ1v) is 5.44. The van der Waals surface area contributed by atoms with Crippen molar-refractivity contribution in [1.82, 2.24) is 20.7 Å². The van der Waals surface area contributed by atoms with E-state index in [2.05, 4.69) is 36.7 Å². The van der Waals surface area contributed by atoms with Crippen molar-refractivity contribution in [2.45, 2.75) is 6.54 Å². The van der Waals surface area contributed by atoms with Crippen molar-refractivity contribution in [2.24, 2.45) is 0 Å². The first-order valence-electron chi connectivity index (χ1n) is 4.65. The number of hydrogen-bond donors (Lipinski definition) is 2. The van der Waals surface area contributed by atoms with E-state index in [0.717, 1.165) is 10.0 Å². The number of rotatable bonds is 3. The van der Waals surface area contributed by atoms with Gasteiger partial charge in [0.25, 0.3) is 5.91 Å². The van der Waals surface area contributed by atoms with Crippen molar-refractivity contribution in [1.29, 1.82) is 0 Å². The molecule has 1 aromatic heterocycles. The van der Waals surface area contributed by atoms with Crippen molar-refractivity contribution >= 4 is 21.8 Å². The monoisotopic (exact) mass is 280 g/mol. The second-order valence-corrected chi connectivity index (χ2v) is 3.98. The van der Waals surface area contributed by atoms with E-state index in [-0.39, 0.29) is 11.6 Å². The van der Waals surface area contributed by atoms with Crippen LogP contribution in [0.15, 0.2) is 34.9 Å². The molecule has 2 rings (SSSR count). The lowest BCUT2D eigenvalue weighted by molar-refractivity contribution is 0.0946. The predicted molar refractivity (Wildman–Crippen MR) is 61.7 cm³/mol. The number of nitrogens with zero attached hydrogens (tertiary/aromatic N) is 2. The smallest absolute Gasteiger partial charge is 0.273 e. The van der Waals surface area contributed by atoms with Crippen LogP contribution < -0.4 is 5.32 Å². The van der Waals surface area contributed by atoms with E-state index in [1.165, 1.54) is 6.20 Å². The molecule has 82 valence electrons. The summed E-state index contributed by atoms with van der Waals surface area (Å²) in [5.74, 6) is -0.246. The van der Waals surface area contributed by atoms with Gasteiger partial charge in [0.1, 0.15) is 0 Å². The highest BCUT2D eigenvalue weighted by Gasteiger charge is 2.08. The molecule has 0 aliphatic heterocycles. The average Bonchev–Trinajstić information content (AvgIpc) is 2.81. The number of benzene rings is 1. The zero-order valence-electron chi connectivity index (χ0n) is 8.27. The van der Waals surface area contributed by atoms with E-state index >= 15 is 0 Å². The molecule has 1 heterocycles. The van der Waals surface area contributed by atoms with Gasteiger partial charge in [-0.3, -0.25) is 4.79 Å². The molecule has 0 radical (unpaired) electrons. The Labute approximate surface area is 100 Å². The van der Waals surface area contributed by atoms with Gasteiger partial charge in [0.15, 0.2) is 5.69 Å². The number of amides is 1. The maximum absolute atomic E-state index is 11.5. The third-order valence-electron chi connectivity index (χ3n) is 2.04. The number of nitrogens with one attached hydrogen (secondary N) is 2. The molecule has 16 heavy (non-hydrogen) atoms. The molecular formula is C10H9BrN4O. The quantitative estimate of drug-likeness (QED) is 0.895. The van der Waals surface area contributed by atoms with Gasteiger partial charge in [-0.05, 0) is 11.6 Å². The lowest BCUT2D eigenvalue weighted by atomic mass is 10.2. The third-order valence-corrected chi connectivity index (χ3v) is 2.82. The highest BCUT2D eigenvalue weighted by molar-refractivity contribution is 9.10. The summed E-state index contributed by atoms with van der Waals surface area (Å²) in [6.45, 7) is 0.452. The Hall–Kier alpha value is -1.69. The molecule has 1 amide bonds. The van der Waals surface area contributed by atoms with E-state index in [0.29, 0.717) is 6.54 Å². The van der Waals surface area contributed by atoms with Crippen molar-refractivity contribution in [3.8, 4) is 0 Å². The van der Waals surface area contributed by atoms with Crippen molar-refractivity contribution < 1.29 is 4.79 Å². The highest BCUT2D eigenvalue weighted by Crippen LogP contribution is 2.15. The number of aromatic amines is 1. The normalized spacial score (nSPS) is 10.1. The van der Waals surface area contributed by atoms with E-state index in [4.69, 9.17) is 0 Å². The average molecular weight is 281 g/mol. The van der Waals surface area contributed by atoms with E-state index < -0.39 is 0 Å². The third kappa shape index (κ3) is 2.46. The van der Waals surface area contributed by atoms with Gasteiger partial charge in [0.2, 0.25) is 0 Å². The molecule has 0 bridgehead atoms. The zero-order chi connectivity index (χ0) is 11.4. The van der Waals surface area contributed by atoms with Crippen molar-refractivity contribution in [3.63, 3.8) is 0 Å². The molecule has 2 aromatic rings. The van der Waals surface area contributed by atoms with Crippen molar-refractivity contribution in [2.75, 3.05) is 0 Å². The topological polar surface area (TPSA) is 70.7 Å². The SMILES string of the molecule is O=C(NCc1ccccc1Br)c1cn[nH]n1. The summed E-state index contributed by atoms with van der Waals surface area (Å²) in [5.41, 5.74) is 1.30. The fourth-order valence-corrected chi connectivity index (χ4v) is 1.64. The lowest BCUT2D eigenvalue weighted by Gasteiger charge is -2.04. The van der Waals surface area contributed by atoms with Crippen molar-refractivity contribution in [3.05, 3.63) is 46.2 Å². The summed E-state index contributed by atoms with van der Waals surface area (Å²) in [4.78, 5) is 11.5. The molecule has 0 atom stereocenters. The Balaban J connectivity index is 1.98. The molecule has 0 saturated heterocycles. The Morgan fingerprint density at radius 2 is 2.25 bits per heavy atom. The van der Waals surface area contributed by atoms with E-state index in [1.807, 2.05) is 24.3 Å². The van der Waals surface area contributed by atoms with Crippen LogP contribution in [0, 0.1) is 0 Å². The second-order valence-electron chi connectivity index (χ2n) is 3.13. The molecule has 5 nitrogen and oxygen atoms in total. The molecule has 0 fully saturated rings. The molecule has 0 saturated carbocycles. The molecule has 0 unspecified atom stereocenters. The van der Waals surface area contributed by atoms with Gasteiger partial charge in [-0.2, -0.15) is 15.4 Å². The largest absolute Gasteiger partial charge is 0.346 e. The Morgan fingerprint density at radius 3 is 2.94 bits per heavy atom. The van der Waals surface area contributed by atoms with Crippen LogP contribution in [0.1, 0.15) is 16.1 Å². The van der Waals surface area contributed by atoms with Gasteiger partial charge < -0.3 is 5.32 Å². The maximum atomic E-state index is 11.5. The minimum absolute atomic E-state index is 0.246. The molecular weight excluding hydrogens is 272 g/mol. The van der Waals surface area contributed by atoms with Gasteiger partial charge in [0, 0.05) is 11.0 Å². The number of carbonyl (C=O) groups excluding carboxylic acids is 1. The Kier molecular flexibility index (Phi) is 3.31. The van der Waals surface area contributed by atoms with Gasteiger partial charge in [0.05, 0.1) is 6.20 Å². The summed E-state index contributed by atoms with van der Waals surface area (Å²) in [6.07, 6.45) is 1.38. The standard InChI is InChI=1S/C10H9BrN4O/c11-8-4-2-1-3-7(8)5-12-10(16)9-6-13-15-14-9/h1-4,6H,5H2,(H,12,16)(H,13,14,15). The first kappa shape index (κ1) is 10.8. The van der Waals surface area contributed by atoms with E-state index in [1.54, 1.807) is 0 Å². The fourth-order valence-electron chi connectivity index (χ4n) is 1.22. The number of carbonyl (C=O) groups is 1. The second kappa shape index (κ2) is 4.89. The van der Waals surface area contributed by atoms with Crippen LogP contribution in [-0.2, 0) is 6.54 Å². The Morgan fingerprint density at radius 1 is 1.44 bits per heavy atom. The summed E-state index contributed by atoms with van der Waals surface area (Å²) in [6, 6.07) is 7.71. The van der Waals surface area contributed by atoms with Gasteiger partial charge in [-0.15, -0.1) is 0 Å². The lowest BCUT2D eigenvalue weighted by Crippen LogP contribution is -2.23. The van der Waals surface area contributed by atoms with Crippen LogP contribution >= 0.6 is 15.9 Å². The minimum Gasteiger partial charge on any atom is -0.346 e. The number of H-pyrrole nitrogens is 1. The Bertz CT molecular complexity index is 483. The molecule has 6 heteroatoms. The zero-order valence-corrected chi connectivity index (χ0v) is 9.86.